The van der Waals surface area contributed by atoms with E-state index in [4.69, 9.17) is 19.3 Å². The average Bonchev–Trinajstić information content (AvgIpc) is 3.52. The third-order valence-electron chi connectivity index (χ3n) is 5.12. The molecule has 8 heteroatoms. The Kier molecular flexibility index (Phi) is 3.99. The molecule has 0 radical (unpaired) electrons. The Bertz CT molecular complexity index is 714. The standard InChI is InChI=1S/C18H23NO5.2Co/c1-22-11-5-9-18(24-12-6-10-20)14-19(15-18)17(21)23-13-16-7-3-2-4-8-16;;/h2-4,7-8,20H,6,10-15H2,1H3;;. The number of amides is 1. The Morgan fingerprint density at radius 3 is 2.65 bits per heavy atom. The minimum absolute atomic E-state index is 0.137. The van der Waals surface area contributed by atoms with Gasteiger partial charge in [-0.1, -0.05) is 0 Å². The Labute approximate surface area is 159 Å². The van der Waals surface area contributed by atoms with Gasteiger partial charge >= 0.3 is 160 Å². The molecular weight excluding hydrogens is 428 g/mol. The maximum atomic E-state index is 12.4. The zero-order chi connectivity index (χ0) is 18.0. The summed E-state index contributed by atoms with van der Waals surface area (Å²) in [5, 5.41) is 9.06. The van der Waals surface area contributed by atoms with E-state index >= 15 is 0 Å². The molecule has 148 valence electrons. The molecule has 1 amide bonds. The van der Waals surface area contributed by atoms with Crippen molar-refractivity contribution in [2.45, 2.75) is 25.2 Å². The van der Waals surface area contributed by atoms with E-state index in [0.29, 0.717) is 39.3 Å². The molecule has 0 spiro atoms. The number of benzene rings is 1. The van der Waals surface area contributed by atoms with Crippen molar-refractivity contribution in [2.75, 3.05) is 40.0 Å². The fourth-order valence-corrected chi connectivity index (χ4v) is 18.6. The maximum absolute atomic E-state index is 12.4. The van der Waals surface area contributed by atoms with Gasteiger partial charge in [-0.3, -0.25) is 0 Å². The van der Waals surface area contributed by atoms with Gasteiger partial charge < -0.3 is 0 Å². The number of carbonyl (C=O) groups excluding carboxylic acids is 1. The molecule has 0 bridgehead atoms. The zero-order valence-electron chi connectivity index (χ0n) is 14.5. The second-order valence-corrected chi connectivity index (χ2v) is 14.9. The van der Waals surface area contributed by atoms with Crippen LogP contribution in [0.5, 0.6) is 0 Å². The molecule has 5 saturated heterocycles. The van der Waals surface area contributed by atoms with Crippen LogP contribution in [0, 0.1) is 0 Å². The minimum atomic E-state index is -0.264. The molecule has 1 N–H and O–H groups in total. The molecule has 5 heterocycles. The van der Waals surface area contributed by atoms with Crippen LogP contribution < -0.4 is 0 Å². The number of aliphatic hydroxyl groups is 1. The number of nitrogens with zero attached hydrogens (tertiary/aromatic N) is 1. The number of ether oxygens (including phenoxy) is 3. The fourth-order valence-electron chi connectivity index (χ4n) is 3.72. The molecule has 0 saturated carbocycles. The van der Waals surface area contributed by atoms with Crippen LogP contribution in [0.2, 0.25) is 6.57 Å². The van der Waals surface area contributed by atoms with Crippen LogP contribution in [0.3, 0.4) is 0 Å². The van der Waals surface area contributed by atoms with E-state index in [2.05, 4.69) is 0 Å². The quantitative estimate of drug-likeness (QED) is 0.581. The molecule has 5 aliphatic heterocycles. The van der Waals surface area contributed by atoms with Crippen LogP contribution in [0.1, 0.15) is 12.0 Å². The predicted molar refractivity (Wildman–Crippen MR) is 85.8 cm³/mol. The number of hydrogen-bond acceptors (Lipinski definition) is 5. The first kappa shape index (κ1) is 17.5. The van der Waals surface area contributed by atoms with Crippen LogP contribution in [0.4, 0.5) is 4.79 Å². The summed E-state index contributed by atoms with van der Waals surface area (Å²) in [6.07, 6.45) is 0.378. The summed E-state index contributed by atoms with van der Waals surface area (Å²) in [7, 11) is 1.77. The van der Waals surface area contributed by atoms with Gasteiger partial charge in [0, 0.05) is 0 Å². The molecule has 5 fully saturated rings. The Morgan fingerprint density at radius 1 is 1.27 bits per heavy atom. The fraction of sp³-hybridized carbons (Fsp3) is 0.611. The van der Waals surface area contributed by atoms with E-state index in [-0.39, 0.29) is 42.1 Å². The number of likely N-dealkylation sites (tertiary alicyclic amines) is 1. The first-order chi connectivity index (χ1) is 12.7. The second kappa shape index (κ2) is 5.94. The van der Waals surface area contributed by atoms with Gasteiger partial charge in [-0.2, -0.15) is 0 Å². The molecule has 1 aromatic carbocycles. The first-order valence-electron chi connectivity index (χ1n) is 8.66. The van der Waals surface area contributed by atoms with E-state index in [9.17, 15) is 4.79 Å². The summed E-state index contributed by atoms with van der Waals surface area (Å²) < 4.78 is 18.0. The SMILES string of the molecule is COC[C]12[Co]3[Co]1[C]32C1(OCCCO)CN(C(=O)OCc2ccccc2)C1. The van der Waals surface area contributed by atoms with E-state index < -0.39 is 0 Å². The van der Waals surface area contributed by atoms with Gasteiger partial charge in [-0.05, 0) is 0 Å². The predicted octanol–water partition coefficient (Wildman–Crippen LogP) is 1.85. The molecule has 26 heavy (non-hydrogen) atoms. The van der Waals surface area contributed by atoms with E-state index in [1.54, 1.807) is 12.0 Å². The number of aliphatic hydroxyl groups excluding tert-OH is 1. The van der Waals surface area contributed by atoms with E-state index in [1.807, 2.05) is 30.3 Å². The van der Waals surface area contributed by atoms with Gasteiger partial charge in [-0.15, -0.1) is 0 Å². The number of carbonyl (C=O) groups is 1. The molecule has 6 rings (SSSR count). The summed E-state index contributed by atoms with van der Waals surface area (Å²) in [5.41, 5.74) is 0.784. The van der Waals surface area contributed by atoms with Crippen LogP contribution in [0.25, 0.3) is 0 Å². The molecule has 0 aromatic heterocycles. The number of hydrogen-bond donors (Lipinski definition) is 1. The molecular formula is C18H23Co2NO5. The molecule has 0 aliphatic carbocycles. The Morgan fingerprint density at radius 2 is 2.00 bits per heavy atom. The van der Waals surface area contributed by atoms with Gasteiger partial charge in [0.15, 0.2) is 0 Å². The summed E-state index contributed by atoms with van der Waals surface area (Å²) in [5.74, 6) is 0. The summed E-state index contributed by atoms with van der Waals surface area (Å²) in [6, 6.07) is 9.73. The Hall–Kier alpha value is -0.617. The van der Waals surface area contributed by atoms with Crippen molar-refractivity contribution in [3.8, 4) is 0 Å². The van der Waals surface area contributed by atoms with Crippen LogP contribution in [0.15, 0.2) is 30.3 Å². The van der Waals surface area contributed by atoms with E-state index in [0.717, 1.165) is 12.2 Å². The van der Waals surface area contributed by atoms with Crippen molar-refractivity contribution in [3.63, 3.8) is 0 Å². The van der Waals surface area contributed by atoms with E-state index in [1.165, 1.54) is 0 Å². The topological polar surface area (TPSA) is 68.2 Å². The van der Waals surface area contributed by atoms with Gasteiger partial charge in [0.2, 0.25) is 0 Å². The zero-order valence-corrected chi connectivity index (χ0v) is 16.6. The van der Waals surface area contributed by atoms with Gasteiger partial charge in [-0.25, -0.2) is 0 Å². The number of methoxy groups -OCH3 is 1. The van der Waals surface area contributed by atoms with Crippen LogP contribution in [-0.2, 0) is 44.6 Å². The molecule has 0 atom stereocenters. The van der Waals surface area contributed by atoms with Crippen molar-refractivity contribution in [1.29, 1.82) is 0 Å². The first-order valence-corrected chi connectivity index (χ1v) is 12.5. The van der Waals surface area contributed by atoms with Gasteiger partial charge in [0.05, 0.1) is 0 Å². The summed E-state index contributed by atoms with van der Waals surface area (Å²) in [6.45, 7) is 3.08. The molecule has 1 aromatic rings. The summed E-state index contributed by atoms with van der Waals surface area (Å²) in [4.78, 5) is 14.1. The van der Waals surface area contributed by atoms with Crippen molar-refractivity contribution in [3.05, 3.63) is 35.9 Å². The Balaban J connectivity index is 1.19. The second-order valence-electron chi connectivity index (χ2n) is 6.79. The third-order valence-corrected chi connectivity index (χ3v) is 17.4. The normalized spacial score (nSPS) is 34.0. The number of rotatable bonds is 9. The van der Waals surface area contributed by atoms with Gasteiger partial charge in [0.25, 0.3) is 0 Å². The van der Waals surface area contributed by atoms with Crippen molar-refractivity contribution < 1.29 is 47.9 Å². The van der Waals surface area contributed by atoms with Crippen molar-refractivity contribution >= 4 is 6.09 Å². The molecule has 0 unspecified atom stereocenters. The average molecular weight is 451 g/mol. The monoisotopic (exact) mass is 451 g/mol. The third kappa shape index (κ3) is 2.12. The van der Waals surface area contributed by atoms with Gasteiger partial charge in [0.1, 0.15) is 0 Å². The van der Waals surface area contributed by atoms with Crippen LogP contribution >= 0.6 is 0 Å². The van der Waals surface area contributed by atoms with Crippen molar-refractivity contribution in [2.24, 2.45) is 0 Å². The summed E-state index contributed by atoms with van der Waals surface area (Å²) >= 11 is 0.309. The molecule has 5 aliphatic rings. The van der Waals surface area contributed by atoms with Crippen LogP contribution in [-0.4, -0.2) is 61.7 Å². The van der Waals surface area contributed by atoms with Crippen molar-refractivity contribution in [1.82, 2.24) is 4.90 Å². The molecule has 6 nitrogen and oxygen atoms in total.